The van der Waals surface area contributed by atoms with Crippen molar-refractivity contribution < 1.29 is 14.4 Å². The fourth-order valence-corrected chi connectivity index (χ4v) is 3.17. The number of anilines is 1. The van der Waals surface area contributed by atoms with Crippen molar-refractivity contribution in [2.75, 3.05) is 31.6 Å². The molecule has 134 valence electrons. The highest BCUT2D eigenvalue weighted by Crippen LogP contribution is 2.25. The van der Waals surface area contributed by atoms with Gasteiger partial charge in [0.25, 0.3) is 5.91 Å². The zero-order valence-electron chi connectivity index (χ0n) is 14.6. The maximum Gasteiger partial charge on any atom is 0.292 e. The van der Waals surface area contributed by atoms with E-state index >= 15 is 0 Å². The van der Waals surface area contributed by atoms with Gasteiger partial charge in [0.15, 0.2) is 0 Å². The van der Waals surface area contributed by atoms with Crippen molar-refractivity contribution in [1.82, 2.24) is 20.0 Å². The largest absolute Gasteiger partial charge is 0.386 e. The van der Waals surface area contributed by atoms with Gasteiger partial charge < -0.3 is 19.4 Å². The maximum absolute atomic E-state index is 12.5. The van der Waals surface area contributed by atoms with Crippen LogP contribution in [0.4, 0.5) is 5.82 Å². The number of aliphatic hydroxyl groups is 1. The average molecular weight is 345 g/mol. The summed E-state index contributed by atoms with van der Waals surface area (Å²) in [6.07, 6.45) is 7.08. The van der Waals surface area contributed by atoms with Crippen molar-refractivity contribution in [3.63, 3.8) is 0 Å². The van der Waals surface area contributed by atoms with E-state index in [1.54, 1.807) is 31.7 Å². The molecule has 1 amide bonds. The van der Waals surface area contributed by atoms with E-state index in [1.807, 2.05) is 11.8 Å². The summed E-state index contributed by atoms with van der Waals surface area (Å²) < 4.78 is 5.10. The Hall–Kier alpha value is -2.48. The standard InChI is InChI=1S/C17H23N5O3/c1-3-13-9-14(25-20-13)16(23)21(2)11-17(24)5-4-8-22(12-17)15-10-18-6-7-19-15/h6-7,9-10,24H,3-5,8,11-12H2,1-2H3/t17-/m1/s1. The molecule has 1 aliphatic rings. The van der Waals surface area contributed by atoms with Crippen LogP contribution in [0.3, 0.4) is 0 Å². The normalized spacial score (nSPS) is 20.5. The highest BCUT2D eigenvalue weighted by atomic mass is 16.5. The molecule has 2 aromatic heterocycles. The molecule has 1 aliphatic heterocycles. The number of carbonyl (C=O) groups excluding carboxylic acids is 1. The van der Waals surface area contributed by atoms with Crippen LogP contribution in [0.5, 0.6) is 0 Å². The number of β-amino-alcohol motifs (C(OH)–C–C–N with tert-alkyl or cyclic N) is 1. The molecule has 3 heterocycles. The van der Waals surface area contributed by atoms with Crippen molar-refractivity contribution in [3.05, 3.63) is 36.1 Å². The van der Waals surface area contributed by atoms with E-state index in [4.69, 9.17) is 4.52 Å². The van der Waals surface area contributed by atoms with Crippen molar-refractivity contribution in [2.45, 2.75) is 31.8 Å². The quantitative estimate of drug-likeness (QED) is 0.868. The molecular weight excluding hydrogens is 322 g/mol. The fourth-order valence-electron chi connectivity index (χ4n) is 3.17. The Bertz CT molecular complexity index is 720. The van der Waals surface area contributed by atoms with Crippen LogP contribution in [0.25, 0.3) is 0 Å². The molecule has 0 bridgehead atoms. The average Bonchev–Trinajstić information content (AvgIpc) is 3.10. The lowest BCUT2D eigenvalue weighted by atomic mass is 9.92. The Morgan fingerprint density at radius 3 is 3.00 bits per heavy atom. The van der Waals surface area contributed by atoms with Crippen LogP contribution in [-0.2, 0) is 6.42 Å². The summed E-state index contributed by atoms with van der Waals surface area (Å²) in [7, 11) is 1.66. The number of carbonyl (C=O) groups is 1. The molecule has 8 heteroatoms. The van der Waals surface area contributed by atoms with Gasteiger partial charge in [-0.3, -0.25) is 9.78 Å². The Morgan fingerprint density at radius 2 is 2.32 bits per heavy atom. The van der Waals surface area contributed by atoms with Gasteiger partial charge in [0.1, 0.15) is 5.82 Å². The minimum Gasteiger partial charge on any atom is -0.386 e. The third-order valence-electron chi connectivity index (χ3n) is 4.44. The second-order valence-electron chi connectivity index (χ2n) is 6.51. The maximum atomic E-state index is 12.5. The first-order valence-electron chi connectivity index (χ1n) is 8.45. The van der Waals surface area contributed by atoms with E-state index in [2.05, 4.69) is 15.1 Å². The van der Waals surface area contributed by atoms with Gasteiger partial charge in [-0.2, -0.15) is 0 Å². The van der Waals surface area contributed by atoms with Gasteiger partial charge in [-0.1, -0.05) is 12.1 Å². The van der Waals surface area contributed by atoms with Gasteiger partial charge in [0, 0.05) is 38.6 Å². The third-order valence-corrected chi connectivity index (χ3v) is 4.44. The number of piperidine rings is 1. The molecule has 25 heavy (non-hydrogen) atoms. The topological polar surface area (TPSA) is 95.6 Å². The molecule has 0 unspecified atom stereocenters. The van der Waals surface area contributed by atoms with Crippen LogP contribution in [0.15, 0.2) is 29.2 Å². The lowest BCUT2D eigenvalue weighted by Crippen LogP contribution is -2.54. The summed E-state index contributed by atoms with van der Waals surface area (Å²) in [5.74, 6) is 0.652. The number of likely N-dealkylation sites (N-methyl/N-ethyl adjacent to an activating group) is 1. The van der Waals surface area contributed by atoms with Crippen LogP contribution in [0.2, 0.25) is 0 Å². The summed E-state index contributed by atoms with van der Waals surface area (Å²) in [5, 5.41) is 14.8. The number of nitrogens with zero attached hydrogens (tertiary/aromatic N) is 5. The lowest BCUT2D eigenvalue weighted by Gasteiger charge is -2.41. The molecule has 0 aromatic carbocycles. The molecule has 0 spiro atoms. The molecular formula is C17H23N5O3. The first-order chi connectivity index (χ1) is 12.0. The molecule has 0 aliphatic carbocycles. The minimum absolute atomic E-state index is 0.199. The van der Waals surface area contributed by atoms with Gasteiger partial charge >= 0.3 is 0 Å². The number of hydrogen-bond acceptors (Lipinski definition) is 7. The summed E-state index contributed by atoms with van der Waals surface area (Å²) >= 11 is 0. The summed E-state index contributed by atoms with van der Waals surface area (Å²) in [4.78, 5) is 24.3. The molecule has 3 rings (SSSR count). The number of amides is 1. The number of aromatic nitrogens is 3. The van der Waals surface area contributed by atoms with Crippen molar-refractivity contribution in [1.29, 1.82) is 0 Å². The van der Waals surface area contributed by atoms with Gasteiger partial charge in [-0.25, -0.2) is 4.98 Å². The predicted molar refractivity (Wildman–Crippen MR) is 91.3 cm³/mol. The van der Waals surface area contributed by atoms with E-state index in [0.717, 1.165) is 24.5 Å². The van der Waals surface area contributed by atoms with E-state index in [9.17, 15) is 9.90 Å². The highest BCUT2D eigenvalue weighted by molar-refractivity contribution is 5.91. The highest BCUT2D eigenvalue weighted by Gasteiger charge is 2.36. The van der Waals surface area contributed by atoms with Crippen molar-refractivity contribution in [3.8, 4) is 0 Å². The predicted octanol–water partition coefficient (Wildman–Crippen LogP) is 1.13. The van der Waals surface area contributed by atoms with Gasteiger partial charge in [0.05, 0.1) is 24.0 Å². The van der Waals surface area contributed by atoms with Gasteiger partial charge in [-0.05, 0) is 19.3 Å². The molecule has 1 N–H and O–H groups in total. The smallest absolute Gasteiger partial charge is 0.292 e. The molecule has 1 atom stereocenters. The second kappa shape index (κ2) is 7.18. The van der Waals surface area contributed by atoms with Gasteiger partial charge in [0.2, 0.25) is 5.76 Å². The molecule has 1 saturated heterocycles. The third kappa shape index (κ3) is 3.96. The van der Waals surface area contributed by atoms with Crippen LogP contribution in [-0.4, -0.2) is 63.3 Å². The van der Waals surface area contributed by atoms with E-state index in [-0.39, 0.29) is 18.2 Å². The summed E-state index contributed by atoms with van der Waals surface area (Å²) in [6.45, 7) is 3.37. The number of hydrogen-bond donors (Lipinski definition) is 1. The molecule has 0 saturated carbocycles. The molecule has 8 nitrogen and oxygen atoms in total. The van der Waals surface area contributed by atoms with Crippen molar-refractivity contribution in [2.24, 2.45) is 0 Å². The Labute approximate surface area is 146 Å². The molecule has 2 aromatic rings. The van der Waals surface area contributed by atoms with Gasteiger partial charge in [-0.15, -0.1) is 0 Å². The fraction of sp³-hybridized carbons (Fsp3) is 0.529. The molecule has 0 radical (unpaired) electrons. The van der Waals surface area contributed by atoms with Crippen LogP contribution in [0.1, 0.15) is 36.0 Å². The minimum atomic E-state index is -1.01. The van der Waals surface area contributed by atoms with E-state index < -0.39 is 5.60 Å². The number of aryl methyl sites for hydroxylation is 1. The summed E-state index contributed by atoms with van der Waals surface area (Å²) in [6, 6.07) is 1.65. The van der Waals surface area contributed by atoms with Crippen LogP contribution in [0, 0.1) is 0 Å². The zero-order valence-corrected chi connectivity index (χ0v) is 14.6. The van der Waals surface area contributed by atoms with E-state index in [1.165, 1.54) is 4.90 Å². The van der Waals surface area contributed by atoms with Crippen LogP contribution < -0.4 is 4.90 Å². The molecule has 1 fully saturated rings. The van der Waals surface area contributed by atoms with E-state index in [0.29, 0.717) is 19.4 Å². The number of rotatable bonds is 5. The Kier molecular flexibility index (Phi) is 4.98. The zero-order chi connectivity index (χ0) is 17.9. The monoisotopic (exact) mass is 345 g/mol. The first kappa shape index (κ1) is 17.3. The Morgan fingerprint density at radius 1 is 1.48 bits per heavy atom. The van der Waals surface area contributed by atoms with Crippen LogP contribution >= 0.6 is 0 Å². The summed E-state index contributed by atoms with van der Waals surface area (Å²) in [5.41, 5.74) is -0.268. The first-order valence-corrected chi connectivity index (χ1v) is 8.45. The lowest BCUT2D eigenvalue weighted by molar-refractivity contribution is -0.00107. The SMILES string of the molecule is CCc1cc(C(=O)N(C)C[C@]2(O)CCCN(c3cnccn3)C2)on1. The second-order valence-corrected chi connectivity index (χ2v) is 6.51. The van der Waals surface area contributed by atoms with Crippen molar-refractivity contribution >= 4 is 11.7 Å². The Balaban J connectivity index is 1.66.